The van der Waals surface area contributed by atoms with Gasteiger partial charge in [0.15, 0.2) is 11.5 Å². The number of pyridine rings is 1. The van der Waals surface area contributed by atoms with Gasteiger partial charge in [0.05, 0.1) is 23.0 Å². The van der Waals surface area contributed by atoms with Crippen molar-refractivity contribution in [2.45, 2.75) is 6.18 Å². The first-order chi connectivity index (χ1) is 15.8. The summed E-state index contributed by atoms with van der Waals surface area (Å²) in [4.78, 5) is 32.2. The van der Waals surface area contributed by atoms with Crippen molar-refractivity contribution in [3.8, 4) is 0 Å². The lowest BCUT2D eigenvalue weighted by atomic mass is 10.1. The van der Waals surface area contributed by atoms with E-state index in [0.29, 0.717) is 24.6 Å². The molecular formula is C22H19F3N6O2. The number of hydrogen-bond donors (Lipinski definition) is 1. The second-order valence-electron chi connectivity index (χ2n) is 7.30. The van der Waals surface area contributed by atoms with E-state index in [-0.39, 0.29) is 24.3 Å². The fourth-order valence-corrected chi connectivity index (χ4v) is 3.47. The molecule has 11 heteroatoms. The molecule has 1 aliphatic rings. The molecule has 33 heavy (non-hydrogen) atoms. The molecule has 0 spiro atoms. The molecule has 0 radical (unpaired) electrons. The number of amides is 2. The third-order valence-corrected chi connectivity index (χ3v) is 5.16. The Morgan fingerprint density at radius 2 is 1.67 bits per heavy atom. The molecule has 3 heterocycles. The van der Waals surface area contributed by atoms with E-state index in [0.717, 1.165) is 6.07 Å². The number of halogens is 3. The Balaban J connectivity index is 1.37. The van der Waals surface area contributed by atoms with Crippen molar-refractivity contribution in [3.05, 3.63) is 77.7 Å². The lowest BCUT2D eigenvalue weighted by Crippen LogP contribution is -2.49. The molecular weight excluding hydrogens is 437 g/mol. The summed E-state index contributed by atoms with van der Waals surface area (Å²) in [5.41, 5.74) is -0.646. The molecule has 1 aromatic carbocycles. The molecule has 2 amide bonds. The van der Waals surface area contributed by atoms with Gasteiger partial charge in [-0.05, 0) is 36.4 Å². The average molecular weight is 456 g/mol. The molecule has 0 aliphatic carbocycles. The summed E-state index contributed by atoms with van der Waals surface area (Å²) in [6.07, 6.45) is -1.50. The van der Waals surface area contributed by atoms with Crippen molar-refractivity contribution in [2.24, 2.45) is 0 Å². The van der Waals surface area contributed by atoms with Crippen LogP contribution in [0.25, 0.3) is 0 Å². The predicted molar refractivity (Wildman–Crippen MR) is 114 cm³/mol. The van der Waals surface area contributed by atoms with Crippen LogP contribution in [0.15, 0.2) is 60.9 Å². The molecule has 8 nitrogen and oxygen atoms in total. The van der Waals surface area contributed by atoms with Crippen LogP contribution < -0.4 is 10.2 Å². The highest BCUT2D eigenvalue weighted by molar-refractivity contribution is 6.02. The molecule has 1 saturated heterocycles. The number of carbonyl (C=O) groups is 2. The maximum atomic E-state index is 13.2. The van der Waals surface area contributed by atoms with Crippen LogP contribution in [0.5, 0.6) is 0 Å². The van der Waals surface area contributed by atoms with E-state index >= 15 is 0 Å². The molecule has 0 saturated carbocycles. The van der Waals surface area contributed by atoms with E-state index in [1.165, 1.54) is 35.4 Å². The van der Waals surface area contributed by atoms with Crippen molar-refractivity contribution in [2.75, 3.05) is 36.4 Å². The quantitative estimate of drug-likeness (QED) is 0.649. The first-order valence-corrected chi connectivity index (χ1v) is 10.1. The van der Waals surface area contributed by atoms with Crippen LogP contribution in [-0.2, 0) is 6.18 Å². The lowest BCUT2D eigenvalue weighted by molar-refractivity contribution is -0.138. The number of alkyl halides is 3. The standard InChI is InChI=1S/C22H19F3N6O2/c23-22(24,25)17-6-2-1-5-16(17)21(33)31-12-10-30(11-13-31)19-8-7-18(28-29-19)20(32)27-15-4-3-9-26-14-15/h1-9,14H,10-13H2,(H,27,32). The van der Waals surface area contributed by atoms with Crippen molar-refractivity contribution in [1.82, 2.24) is 20.1 Å². The molecule has 1 N–H and O–H groups in total. The molecule has 4 rings (SSSR count). The van der Waals surface area contributed by atoms with Crippen LogP contribution in [0.3, 0.4) is 0 Å². The van der Waals surface area contributed by atoms with Crippen molar-refractivity contribution >= 4 is 23.3 Å². The minimum Gasteiger partial charge on any atom is -0.352 e. The van der Waals surface area contributed by atoms with Crippen LogP contribution in [0.4, 0.5) is 24.7 Å². The molecule has 1 aliphatic heterocycles. The van der Waals surface area contributed by atoms with Crippen molar-refractivity contribution in [1.29, 1.82) is 0 Å². The molecule has 3 aromatic rings. The third-order valence-electron chi connectivity index (χ3n) is 5.16. The van der Waals surface area contributed by atoms with Gasteiger partial charge in [0.1, 0.15) is 0 Å². The van der Waals surface area contributed by atoms with Gasteiger partial charge in [-0.15, -0.1) is 10.2 Å². The minimum absolute atomic E-state index is 0.125. The monoisotopic (exact) mass is 456 g/mol. The largest absolute Gasteiger partial charge is 0.417 e. The number of nitrogens with one attached hydrogen (secondary N) is 1. The molecule has 1 fully saturated rings. The van der Waals surface area contributed by atoms with E-state index in [4.69, 9.17) is 0 Å². The minimum atomic E-state index is -4.60. The lowest BCUT2D eigenvalue weighted by Gasteiger charge is -2.35. The van der Waals surface area contributed by atoms with Gasteiger partial charge in [0.2, 0.25) is 0 Å². The molecule has 0 unspecified atom stereocenters. The van der Waals surface area contributed by atoms with Gasteiger partial charge in [-0.25, -0.2) is 0 Å². The van der Waals surface area contributed by atoms with Gasteiger partial charge < -0.3 is 15.1 Å². The predicted octanol–water partition coefficient (Wildman–Crippen LogP) is 3.11. The smallest absolute Gasteiger partial charge is 0.352 e. The van der Waals surface area contributed by atoms with Gasteiger partial charge in [-0.2, -0.15) is 13.2 Å². The van der Waals surface area contributed by atoms with Gasteiger partial charge >= 0.3 is 6.18 Å². The zero-order valence-electron chi connectivity index (χ0n) is 17.3. The zero-order chi connectivity index (χ0) is 23.4. The Hall–Kier alpha value is -4.02. The van der Waals surface area contributed by atoms with Crippen molar-refractivity contribution in [3.63, 3.8) is 0 Å². The first kappa shape index (κ1) is 22.2. The maximum Gasteiger partial charge on any atom is 0.417 e. The van der Waals surface area contributed by atoms with Crippen molar-refractivity contribution < 1.29 is 22.8 Å². The van der Waals surface area contributed by atoms with Gasteiger partial charge in [-0.1, -0.05) is 12.1 Å². The molecule has 2 aromatic heterocycles. The summed E-state index contributed by atoms with van der Waals surface area (Å²) in [5.74, 6) is -0.576. The van der Waals surface area contributed by atoms with E-state index in [1.54, 1.807) is 24.4 Å². The number of aromatic nitrogens is 3. The third kappa shape index (κ3) is 5.08. The summed E-state index contributed by atoms with van der Waals surface area (Å²) in [7, 11) is 0. The topological polar surface area (TPSA) is 91.3 Å². The zero-order valence-corrected chi connectivity index (χ0v) is 17.3. The number of hydrogen-bond acceptors (Lipinski definition) is 6. The average Bonchev–Trinajstić information content (AvgIpc) is 2.84. The summed E-state index contributed by atoms with van der Waals surface area (Å²) in [5, 5.41) is 10.7. The molecule has 0 atom stereocenters. The van der Waals surface area contributed by atoms with E-state index in [9.17, 15) is 22.8 Å². The number of nitrogens with zero attached hydrogens (tertiary/aromatic N) is 5. The van der Waals surface area contributed by atoms with Crippen LogP contribution in [0, 0.1) is 0 Å². The van der Waals surface area contributed by atoms with E-state index in [2.05, 4.69) is 20.5 Å². The van der Waals surface area contributed by atoms with Crippen LogP contribution in [-0.4, -0.2) is 58.1 Å². The second kappa shape index (κ2) is 9.23. The maximum absolute atomic E-state index is 13.2. The fraction of sp³-hybridized carbons (Fsp3) is 0.227. The number of rotatable bonds is 4. The Labute approximate surface area is 187 Å². The summed E-state index contributed by atoms with van der Waals surface area (Å²) >= 11 is 0. The highest BCUT2D eigenvalue weighted by Gasteiger charge is 2.36. The van der Waals surface area contributed by atoms with Crippen LogP contribution >= 0.6 is 0 Å². The van der Waals surface area contributed by atoms with Gasteiger partial charge in [0.25, 0.3) is 11.8 Å². The van der Waals surface area contributed by atoms with E-state index in [1.807, 2.05) is 4.90 Å². The van der Waals surface area contributed by atoms with E-state index < -0.39 is 23.6 Å². The highest BCUT2D eigenvalue weighted by atomic mass is 19.4. The highest BCUT2D eigenvalue weighted by Crippen LogP contribution is 2.32. The number of carbonyl (C=O) groups excluding carboxylic acids is 2. The van der Waals surface area contributed by atoms with Crippen LogP contribution in [0.1, 0.15) is 26.4 Å². The fourth-order valence-electron chi connectivity index (χ4n) is 3.47. The van der Waals surface area contributed by atoms with Gasteiger partial charge in [-0.3, -0.25) is 14.6 Å². The Bertz CT molecular complexity index is 1130. The first-order valence-electron chi connectivity index (χ1n) is 10.1. The Morgan fingerprint density at radius 3 is 2.30 bits per heavy atom. The number of anilines is 2. The second-order valence-corrected chi connectivity index (χ2v) is 7.30. The normalized spacial score (nSPS) is 14.2. The number of piperazine rings is 1. The van der Waals surface area contributed by atoms with Gasteiger partial charge in [0, 0.05) is 32.4 Å². The number of benzene rings is 1. The summed E-state index contributed by atoms with van der Waals surface area (Å²) in [6.45, 7) is 1.21. The SMILES string of the molecule is O=C(Nc1cccnc1)c1ccc(N2CCN(C(=O)c3ccccc3C(F)(F)F)CC2)nn1. The Morgan fingerprint density at radius 1 is 0.909 bits per heavy atom. The molecule has 0 bridgehead atoms. The summed E-state index contributed by atoms with van der Waals surface area (Å²) in [6, 6.07) is 11.3. The molecule has 170 valence electrons. The van der Waals surface area contributed by atoms with Crippen LogP contribution in [0.2, 0.25) is 0 Å². The summed E-state index contributed by atoms with van der Waals surface area (Å²) < 4.78 is 39.7. The Kier molecular flexibility index (Phi) is 6.20.